The minimum absolute atomic E-state index is 0.0581. The van der Waals surface area contributed by atoms with Crippen LogP contribution in [0, 0.1) is 5.92 Å². The van der Waals surface area contributed by atoms with Gasteiger partial charge in [0, 0.05) is 27.2 Å². The first-order chi connectivity index (χ1) is 8.78. The molecule has 0 fully saturated rings. The van der Waals surface area contributed by atoms with Gasteiger partial charge >= 0.3 is 0 Å². The molecule has 108 valence electrons. The second-order valence-corrected chi connectivity index (χ2v) is 6.86. The van der Waals surface area contributed by atoms with Gasteiger partial charge in [0.1, 0.15) is 0 Å². The van der Waals surface area contributed by atoms with E-state index < -0.39 is 10.0 Å². The molecule has 0 amide bonds. The van der Waals surface area contributed by atoms with Crippen LogP contribution >= 0.6 is 0 Å². The predicted molar refractivity (Wildman–Crippen MR) is 76.5 cm³/mol. The summed E-state index contributed by atoms with van der Waals surface area (Å²) in [5, 5.41) is 12.0. The number of nitrogens with one attached hydrogen (secondary N) is 1. The number of aliphatic hydroxyl groups excluding tert-OH is 1. The van der Waals surface area contributed by atoms with Crippen molar-refractivity contribution in [2.45, 2.75) is 11.8 Å². The van der Waals surface area contributed by atoms with E-state index in [1.807, 2.05) is 6.92 Å². The number of nitrogens with zero attached hydrogens (tertiary/aromatic N) is 1. The quantitative estimate of drug-likeness (QED) is 0.664. The lowest BCUT2D eigenvalue weighted by atomic mass is 10.2. The number of anilines is 2. The van der Waals surface area contributed by atoms with E-state index >= 15 is 0 Å². The van der Waals surface area contributed by atoms with Crippen molar-refractivity contribution in [2.75, 3.05) is 38.3 Å². The summed E-state index contributed by atoms with van der Waals surface area (Å²) in [5.74, 6) is 0.0634. The SMILES string of the molecule is CC(CO)CNc1cc(S(=O)(=O)N(C)C)ccc1N. The lowest BCUT2D eigenvalue weighted by molar-refractivity contribution is 0.244. The van der Waals surface area contributed by atoms with Gasteiger partial charge in [0.05, 0.1) is 16.3 Å². The van der Waals surface area contributed by atoms with E-state index in [0.29, 0.717) is 17.9 Å². The molecule has 0 aliphatic carbocycles. The zero-order valence-electron chi connectivity index (χ0n) is 11.4. The van der Waals surface area contributed by atoms with Gasteiger partial charge < -0.3 is 16.2 Å². The first-order valence-electron chi connectivity index (χ1n) is 5.95. The predicted octanol–water partition coefficient (Wildman–Crippen LogP) is 0.559. The molecule has 1 aromatic carbocycles. The maximum Gasteiger partial charge on any atom is 0.242 e. The highest BCUT2D eigenvalue weighted by atomic mass is 32.2. The van der Waals surface area contributed by atoms with Gasteiger partial charge in [-0.2, -0.15) is 0 Å². The number of benzene rings is 1. The molecule has 0 spiro atoms. The van der Waals surface area contributed by atoms with Crippen molar-refractivity contribution < 1.29 is 13.5 Å². The summed E-state index contributed by atoms with van der Waals surface area (Å²) < 4.78 is 25.2. The standard InChI is InChI=1S/C12H21N3O3S/c1-9(8-16)7-14-12-6-10(4-5-11(12)13)19(17,18)15(2)3/h4-6,9,14,16H,7-8,13H2,1-3H3. The molecule has 1 atom stereocenters. The molecule has 1 unspecified atom stereocenters. The summed E-state index contributed by atoms with van der Waals surface area (Å²) in [6.45, 7) is 2.46. The molecule has 4 N–H and O–H groups in total. The largest absolute Gasteiger partial charge is 0.397 e. The van der Waals surface area contributed by atoms with Crippen molar-refractivity contribution in [3.63, 3.8) is 0 Å². The lowest BCUT2D eigenvalue weighted by Gasteiger charge is -2.16. The van der Waals surface area contributed by atoms with E-state index in [4.69, 9.17) is 10.8 Å². The van der Waals surface area contributed by atoms with Crippen molar-refractivity contribution in [2.24, 2.45) is 5.92 Å². The number of rotatable bonds is 6. The van der Waals surface area contributed by atoms with E-state index in [1.54, 1.807) is 6.07 Å². The summed E-state index contributed by atoms with van der Waals surface area (Å²) in [7, 11) is -0.514. The Balaban J connectivity index is 3.01. The summed E-state index contributed by atoms with van der Waals surface area (Å²) in [6.07, 6.45) is 0. The van der Waals surface area contributed by atoms with E-state index in [0.717, 1.165) is 4.31 Å². The maximum absolute atomic E-state index is 12.0. The van der Waals surface area contributed by atoms with Gasteiger partial charge in [0.15, 0.2) is 0 Å². The fourth-order valence-electron chi connectivity index (χ4n) is 1.41. The average molecular weight is 287 g/mol. The molecule has 0 radical (unpaired) electrons. The van der Waals surface area contributed by atoms with Crippen molar-refractivity contribution in [1.82, 2.24) is 4.31 Å². The molecule has 0 bridgehead atoms. The van der Waals surface area contributed by atoms with Crippen LogP contribution in [0.3, 0.4) is 0 Å². The highest BCUT2D eigenvalue weighted by molar-refractivity contribution is 7.89. The minimum atomic E-state index is -3.47. The van der Waals surface area contributed by atoms with Crippen LogP contribution in [0.15, 0.2) is 23.1 Å². The molecule has 0 saturated heterocycles. The van der Waals surface area contributed by atoms with Crippen LogP contribution in [-0.2, 0) is 10.0 Å². The van der Waals surface area contributed by atoms with Crippen molar-refractivity contribution in [3.8, 4) is 0 Å². The summed E-state index contributed by atoms with van der Waals surface area (Å²) in [6, 6.07) is 4.54. The second-order valence-electron chi connectivity index (χ2n) is 4.71. The Hall–Kier alpha value is -1.31. The van der Waals surface area contributed by atoms with Gasteiger partial charge in [0.25, 0.3) is 0 Å². The van der Waals surface area contributed by atoms with E-state index in [2.05, 4.69) is 5.32 Å². The van der Waals surface area contributed by atoms with E-state index in [9.17, 15) is 8.42 Å². The van der Waals surface area contributed by atoms with Gasteiger partial charge in [0.2, 0.25) is 10.0 Å². The smallest absolute Gasteiger partial charge is 0.242 e. The van der Waals surface area contributed by atoms with Crippen LogP contribution in [0.4, 0.5) is 11.4 Å². The van der Waals surface area contributed by atoms with Crippen molar-refractivity contribution >= 4 is 21.4 Å². The third kappa shape index (κ3) is 3.82. The third-order valence-corrected chi connectivity index (χ3v) is 4.57. The highest BCUT2D eigenvalue weighted by Crippen LogP contribution is 2.24. The van der Waals surface area contributed by atoms with Crippen LogP contribution in [0.25, 0.3) is 0 Å². The van der Waals surface area contributed by atoms with Crippen molar-refractivity contribution in [3.05, 3.63) is 18.2 Å². The minimum Gasteiger partial charge on any atom is -0.397 e. The van der Waals surface area contributed by atoms with Gasteiger partial charge in [-0.3, -0.25) is 0 Å². The third-order valence-electron chi connectivity index (χ3n) is 2.76. The molecule has 0 aromatic heterocycles. The summed E-state index contributed by atoms with van der Waals surface area (Å²) in [5.41, 5.74) is 6.84. The highest BCUT2D eigenvalue weighted by Gasteiger charge is 2.18. The molecule has 0 heterocycles. The molecular formula is C12H21N3O3S. The zero-order valence-corrected chi connectivity index (χ0v) is 12.2. The fraction of sp³-hybridized carbons (Fsp3) is 0.500. The average Bonchev–Trinajstić information content (AvgIpc) is 2.36. The van der Waals surface area contributed by atoms with Gasteiger partial charge in [-0.05, 0) is 24.1 Å². The summed E-state index contributed by atoms with van der Waals surface area (Å²) >= 11 is 0. The van der Waals surface area contributed by atoms with Crippen molar-refractivity contribution in [1.29, 1.82) is 0 Å². The number of hydrogen-bond acceptors (Lipinski definition) is 5. The van der Waals surface area contributed by atoms with Crippen LogP contribution in [-0.4, -0.2) is 45.1 Å². The Morgan fingerprint density at radius 3 is 2.58 bits per heavy atom. The first kappa shape index (κ1) is 15.7. The molecule has 1 rings (SSSR count). The monoisotopic (exact) mass is 287 g/mol. The molecule has 6 nitrogen and oxygen atoms in total. The normalized spacial score (nSPS) is 13.5. The Morgan fingerprint density at radius 1 is 1.42 bits per heavy atom. The second kappa shape index (κ2) is 6.23. The Labute approximate surface area is 114 Å². The molecule has 1 aromatic rings. The number of sulfonamides is 1. The number of aliphatic hydroxyl groups is 1. The maximum atomic E-state index is 12.0. The van der Waals surface area contributed by atoms with Crippen LogP contribution in [0.2, 0.25) is 0 Å². The molecular weight excluding hydrogens is 266 g/mol. The first-order valence-corrected chi connectivity index (χ1v) is 7.39. The molecule has 0 aliphatic heterocycles. The molecule has 7 heteroatoms. The van der Waals surface area contributed by atoms with E-state index in [1.165, 1.54) is 26.2 Å². The Kier molecular flexibility index (Phi) is 5.16. The topological polar surface area (TPSA) is 95.7 Å². The zero-order chi connectivity index (χ0) is 14.6. The van der Waals surface area contributed by atoms with Gasteiger partial charge in [-0.1, -0.05) is 6.92 Å². The summed E-state index contributed by atoms with van der Waals surface area (Å²) in [4.78, 5) is 0.186. The molecule has 0 saturated carbocycles. The fourth-order valence-corrected chi connectivity index (χ4v) is 2.34. The van der Waals surface area contributed by atoms with E-state index in [-0.39, 0.29) is 17.4 Å². The number of hydrogen-bond donors (Lipinski definition) is 3. The number of nitrogens with two attached hydrogens (primary N) is 1. The Morgan fingerprint density at radius 2 is 2.05 bits per heavy atom. The lowest BCUT2D eigenvalue weighted by Crippen LogP contribution is -2.22. The van der Waals surface area contributed by atoms with Crippen LogP contribution in [0.1, 0.15) is 6.92 Å². The Bertz CT molecular complexity index is 529. The molecule has 19 heavy (non-hydrogen) atoms. The molecule has 0 aliphatic rings. The van der Waals surface area contributed by atoms with Gasteiger partial charge in [-0.25, -0.2) is 12.7 Å². The number of nitrogen functional groups attached to an aromatic ring is 1. The van der Waals surface area contributed by atoms with Crippen LogP contribution in [0.5, 0.6) is 0 Å². The van der Waals surface area contributed by atoms with Crippen LogP contribution < -0.4 is 11.1 Å². The van der Waals surface area contributed by atoms with Gasteiger partial charge in [-0.15, -0.1) is 0 Å².